The lowest BCUT2D eigenvalue weighted by atomic mass is 10.3. The van der Waals surface area contributed by atoms with Crippen molar-refractivity contribution in [3.63, 3.8) is 0 Å². The van der Waals surface area contributed by atoms with Gasteiger partial charge in [0.1, 0.15) is 0 Å². The smallest absolute Gasteiger partial charge is 0.357 e. The topological polar surface area (TPSA) is 52.8 Å². The minimum atomic E-state index is -0.404. The van der Waals surface area contributed by atoms with Gasteiger partial charge >= 0.3 is 5.97 Å². The maximum atomic E-state index is 12.0. The summed E-state index contributed by atoms with van der Waals surface area (Å²) in [5.74, 6) is 0.135. The third kappa shape index (κ3) is 1.96. The average molecular weight is 313 g/mol. The van der Waals surface area contributed by atoms with Crippen LogP contribution in [0.25, 0.3) is 5.65 Å². The van der Waals surface area contributed by atoms with Crippen molar-refractivity contribution in [3.05, 3.63) is 28.0 Å². The van der Waals surface area contributed by atoms with E-state index in [1.54, 1.807) is 31.4 Å². The lowest BCUT2D eigenvalue weighted by Crippen LogP contribution is -2.10. The molecule has 0 amide bonds. The molecular weight excluding hydrogens is 300 g/mol. The van der Waals surface area contributed by atoms with Gasteiger partial charge in [-0.15, -0.1) is 0 Å². The average Bonchev–Trinajstić information content (AvgIpc) is 2.68. The van der Waals surface area contributed by atoms with E-state index in [-0.39, 0.29) is 0 Å². The zero-order chi connectivity index (χ0) is 13.3. The van der Waals surface area contributed by atoms with Crippen molar-refractivity contribution >= 4 is 27.5 Å². The Kier molecular flexibility index (Phi) is 3.56. The molecule has 0 unspecified atom stereocenters. The minimum absolute atomic E-state index is 0.321. The molecule has 0 saturated carbocycles. The monoisotopic (exact) mass is 312 g/mol. The van der Waals surface area contributed by atoms with E-state index in [9.17, 15) is 4.79 Å². The van der Waals surface area contributed by atoms with Gasteiger partial charge < -0.3 is 9.47 Å². The number of hydrogen-bond acceptors (Lipinski definition) is 4. The lowest BCUT2D eigenvalue weighted by Gasteiger charge is -2.08. The van der Waals surface area contributed by atoms with E-state index in [1.165, 1.54) is 0 Å². The number of methoxy groups -OCH3 is 1. The molecule has 0 aliphatic carbocycles. The van der Waals surface area contributed by atoms with E-state index >= 15 is 0 Å². The molecule has 0 aliphatic heterocycles. The standard InChI is InChI=1S/C12H13BrN2O3/c1-4-18-12(16)10-7(2)14-11-8(13)5-6-9(17-3)15(10)11/h5-6H,4H2,1-3H3. The molecule has 0 spiro atoms. The summed E-state index contributed by atoms with van der Waals surface area (Å²) in [4.78, 5) is 16.3. The highest BCUT2D eigenvalue weighted by atomic mass is 79.9. The number of aryl methyl sites for hydroxylation is 1. The quantitative estimate of drug-likeness (QED) is 0.817. The van der Waals surface area contributed by atoms with Crippen LogP contribution in [0.5, 0.6) is 5.88 Å². The summed E-state index contributed by atoms with van der Waals surface area (Å²) < 4.78 is 12.7. The lowest BCUT2D eigenvalue weighted by molar-refractivity contribution is 0.0516. The van der Waals surface area contributed by atoms with Crippen molar-refractivity contribution in [2.75, 3.05) is 13.7 Å². The van der Waals surface area contributed by atoms with Crippen molar-refractivity contribution in [1.82, 2.24) is 9.38 Å². The van der Waals surface area contributed by atoms with E-state index in [4.69, 9.17) is 9.47 Å². The predicted octanol–water partition coefficient (Wildman–Crippen LogP) is 2.59. The molecule has 96 valence electrons. The number of aromatic nitrogens is 2. The first-order valence-electron chi connectivity index (χ1n) is 5.48. The Bertz CT molecular complexity index is 607. The molecule has 6 heteroatoms. The summed E-state index contributed by atoms with van der Waals surface area (Å²) in [5, 5.41) is 0. The zero-order valence-electron chi connectivity index (χ0n) is 10.4. The Hall–Kier alpha value is -1.56. The van der Waals surface area contributed by atoms with Crippen LogP contribution in [0.4, 0.5) is 0 Å². The van der Waals surface area contributed by atoms with E-state index < -0.39 is 5.97 Å². The van der Waals surface area contributed by atoms with Crippen LogP contribution in [0.1, 0.15) is 23.1 Å². The molecule has 0 bridgehead atoms. The van der Waals surface area contributed by atoms with Crippen LogP contribution in [0.15, 0.2) is 16.6 Å². The van der Waals surface area contributed by atoms with Crippen LogP contribution in [-0.2, 0) is 4.74 Å². The fourth-order valence-corrected chi connectivity index (χ4v) is 2.19. The first-order valence-corrected chi connectivity index (χ1v) is 6.28. The molecule has 5 nitrogen and oxygen atoms in total. The van der Waals surface area contributed by atoms with Gasteiger partial charge in [0.25, 0.3) is 0 Å². The number of esters is 1. The van der Waals surface area contributed by atoms with Gasteiger partial charge in [-0.05, 0) is 35.8 Å². The predicted molar refractivity (Wildman–Crippen MR) is 70.1 cm³/mol. The Balaban J connectivity index is 2.76. The van der Waals surface area contributed by atoms with Gasteiger partial charge in [-0.1, -0.05) is 0 Å². The number of carbonyl (C=O) groups excluding carboxylic acids is 1. The highest BCUT2D eigenvalue weighted by Crippen LogP contribution is 2.26. The largest absolute Gasteiger partial charge is 0.482 e. The van der Waals surface area contributed by atoms with E-state index in [0.29, 0.717) is 29.5 Å². The minimum Gasteiger partial charge on any atom is -0.482 e. The molecule has 2 rings (SSSR count). The van der Waals surface area contributed by atoms with Crippen LogP contribution < -0.4 is 4.74 Å². The van der Waals surface area contributed by atoms with Crippen LogP contribution in [0, 0.1) is 6.92 Å². The molecule has 0 saturated heterocycles. The van der Waals surface area contributed by atoms with Crippen molar-refractivity contribution in [1.29, 1.82) is 0 Å². The summed E-state index contributed by atoms with van der Waals surface area (Å²) in [6, 6.07) is 3.59. The van der Waals surface area contributed by atoms with Crippen LogP contribution in [-0.4, -0.2) is 29.1 Å². The van der Waals surface area contributed by atoms with E-state index in [2.05, 4.69) is 20.9 Å². The molecule has 2 aromatic heterocycles. The third-order valence-corrected chi connectivity index (χ3v) is 3.15. The summed E-state index contributed by atoms with van der Waals surface area (Å²) in [5.41, 5.74) is 1.64. The van der Waals surface area contributed by atoms with Crippen molar-refractivity contribution in [2.24, 2.45) is 0 Å². The van der Waals surface area contributed by atoms with Crippen molar-refractivity contribution < 1.29 is 14.3 Å². The highest BCUT2D eigenvalue weighted by Gasteiger charge is 2.21. The summed E-state index contributed by atoms with van der Waals surface area (Å²) in [6.45, 7) is 3.86. The second-order valence-corrected chi connectivity index (χ2v) is 4.50. The zero-order valence-corrected chi connectivity index (χ0v) is 11.9. The fraction of sp³-hybridized carbons (Fsp3) is 0.333. The molecule has 0 N–H and O–H groups in total. The molecule has 0 radical (unpaired) electrons. The summed E-state index contributed by atoms with van der Waals surface area (Å²) >= 11 is 3.40. The highest BCUT2D eigenvalue weighted by molar-refractivity contribution is 9.10. The number of hydrogen-bond donors (Lipinski definition) is 0. The molecule has 2 aromatic rings. The van der Waals surface area contributed by atoms with Gasteiger partial charge in [-0.25, -0.2) is 9.78 Å². The van der Waals surface area contributed by atoms with Gasteiger partial charge in [-0.2, -0.15) is 0 Å². The number of fused-ring (bicyclic) bond motifs is 1. The third-order valence-electron chi connectivity index (χ3n) is 2.54. The second-order valence-electron chi connectivity index (χ2n) is 3.65. The van der Waals surface area contributed by atoms with Gasteiger partial charge in [0.05, 0.1) is 23.9 Å². The van der Waals surface area contributed by atoms with Crippen LogP contribution in [0.2, 0.25) is 0 Å². The van der Waals surface area contributed by atoms with Gasteiger partial charge in [0.2, 0.25) is 0 Å². The van der Waals surface area contributed by atoms with Crippen LogP contribution >= 0.6 is 15.9 Å². The van der Waals surface area contributed by atoms with Crippen molar-refractivity contribution in [2.45, 2.75) is 13.8 Å². The second kappa shape index (κ2) is 4.97. The Labute approximate surface area is 113 Å². The van der Waals surface area contributed by atoms with Gasteiger partial charge in [0, 0.05) is 6.07 Å². The number of nitrogens with zero attached hydrogens (tertiary/aromatic N) is 2. The SMILES string of the molecule is CCOC(=O)c1c(C)nc2c(Br)ccc(OC)n12. The molecule has 18 heavy (non-hydrogen) atoms. The first kappa shape index (κ1) is 12.9. The van der Waals surface area contributed by atoms with Gasteiger partial charge in [-0.3, -0.25) is 4.40 Å². The summed E-state index contributed by atoms with van der Waals surface area (Å²) in [7, 11) is 1.55. The molecule has 0 fully saturated rings. The molecule has 2 heterocycles. The number of carbonyl (C=O) groups is 1. The molecule has 0 aromatic carbocycles. The van der Waals surface area contributed by atoms with E-state index in [0.717, 1.165) is 4.47 Å². The number of halogens is 1. The van der Waals surface area contributed by atoms with Crippen molar-refractivity contribution in [3.8, 4) is 5.88 Å². The molecular formula is C12H13BrN2O3. The van der Waals surface area contributed by atoms with Gasteiger partial charge in [0.15, 0.2) is 17.2 Å². The van der Waals surface area contributed by atoms with Crippen LogP contribution in [0.3, 0.4) is 0 Å². The number of rotatable bonds is 3. The fourth-order valence-electron chi connectivity index (χ4n) is 1.80. The Morgan fingerprint density at radius 2 is 2.22 bits per heavy atom. The Morgan fingerprint density at radius 3 is 2.83 bits per heavy atom. The molecule has 0 aliphatic rings. The number of imidazole rings is 1. The first-order chi connectivity index (χ1) is 8.60. The number of pyridine rings is 1. The normalized spacial score (nSPS) is 10.7. The maximum absolute atomic E-state index is 12.0. The molecule has 0 atom stereocenters. The Morgan fingerprint density at radius 1 is 1.50 bits per heavy atom. The maximum Gasteiger partial charge on any atom is 0.357 e. The number of ether oxygens (including phenoxy) is 2. The van der Waals surface area contributed by atoms with E-state index in [1.807, 2.05) is 6.07 Å². The summed E-state index contributed by atoms with van der Waals surface area (Å²) in [6.07, 6.45) is 0.